The van der Waals surface area contributed by atoms with Crippen LogP contribution in [0.4, 0.5) is 4.39 Å². The van der Waals surface area contributed by atoms with E-state index in [1.807, 2.05) is 6.92 Å². The summed E-state index contributed by atoms with van der Waals surface area (Å²) in [6, 6.07) is 0. The van der Waals surface area contributed by atoms with Gasteiger partial charge in [0, 0.05) is 12.7 Å². The zero-order valence-electron chi connectivity index (χ0n) is 16.9. The fraction of sp³-hybridized carbons (Fsp3) is 0.318. The molecule has 0 aromatic rings. The number of allylic oxidation sites excluding steroid dienone is 7. The summed E-state index contributed by atoms with van der Waals surface area (Å²) in [6.07, 6.45) is 6.10. The van der Waals surface area contributed by atoms with Gasteiger partial charge in [0.25, 0.3) is 0 Å². The van der Waals surface area contributed by atoms with E-state index >= 15 is 0 Å². The summed E-state index contributed by atoms with van der Waals surface area (Å²) in [6.45, 7) is 23.9. The van der Waals surface area contributed by atoms with Gasteiger partial charge in [-0.3, -0.25) is 0 Å². The second kappa shape index (κ2) is 18.9. The van der Waals surface area contributed by atoms with Crippen molar-refractivity contribution in [2.24, 2.45) is 0 Å². The lowest BCUT2D eigenvalue weighted by molar-refractivity contribution is -0.106. The minimum atomic E-state index is -0.450. The van der Waals surface area contributed by atoms with Gasteiger partial charge in [-0.2, -0.15) is 0 Å². The molecule has 0 radical (unpaired) electrons. The smallest absolute Gasteiger partial charge is 0.130 e. The highest BCUT2D eigenvalue weighted by molar-refractivity contribution is 5.53. The number of carbonyl (C=O) groups excluding carboxylic acids is 1. The molecule has 0 aromatic carbocycles. The van der Waals surface area contributed by atoms with E-state index in [2.05, 4.69) is 32.9 Å². The molecule has 0 N–H and O–H groups in total. The average molecular weight is 365 g/mol. The van der Waals surface area contributed by atoms with Crippen LogP contribution in [0.2, 0.25) is 0 Å². The number of hydrogen-bond acceptors (Lipinski definition) is 3. The maximum Gasteiger partial charge on any atom is 0.130 e. The van der Waals surface area contributed by atoms with Crippen molar-refractivity contribution in [2.75, 3.05) is 20.8 Å². The molecule has 0 amide bonds. The molecule has 0 spiro atoms. The van der Waals surface area contributed by atoms with Gasteiger partial charge >= 0.3 is 0 Å². The minimum Gasteiger partial charge on any atom is -0.497 e. The molecule has 0 fully saturated rings. The van der Waals surface area contributed by atoms with Crippen LogP contribution in [0, 0.1) is 0 Å². The molecule has 0 saturated carbocycles. The molecule has 0 heterocycles. The first-order chi connectivity index (χ1) is 12.2. The van der Waals surface area contributed by atoms with Crippen LogP contribution in [0.1, 0.15) is 27.2 Å². The molecule has 146 valence electrons. The molecule has 3 nitrogen and oxygen atoms in total. The Bertz CT molecular complexity index is 546. The van der Waals surface area contributed by atoms with E-state index in [-0.39, 0.29) is 5.57 Å². The molecule has 26 heavy (non-hydrogen) atoms. The van der Waals surface area contributed by atoms with E-state index in [1.165, 1.54) is 20.1 Å². The molecule has 0 atom stereocenters. The fourth-order valence-electron chi connectivity index (χ4n) is 1.42. The largest absolute Gasteiger partial charge is 0.497 e. The third-order valence-electron chi connectivity index (χ3n) is 2.59. The van der Waals surface area contributed by atoms with Crippen molar-refractivity contribution in [3.8, 4) is 0 Å². The third kappa shape index (κ3) is 16.4. The first-order valence-electron chi connectivity index (χ1n) is 7.97. The number of carbonyl (C=O) groups is 1. The number of rotatable bonds is 9. The Morgan fingerprint density at radius 3 is 1.85 bits per heavy atom. The number of halogens is 1. The summed E-state index contributed by atoms with van der Waals surface area (Å²) in [7, 11) is 3.12. The van der Waals surface area contributed by atoms with Crippen LogP contribution < -0.4 is 0 Å². The molecule has 0 saturated heterocycles. The highest BCUT2D eigenvalue weighted by Gasteiger charge is 2.11. The van der Waals surface area contributed by atoms with Crippen LogP contribution in [0.3, 0.4) is 0 Å². The lowest BCUT2D eigenvalue weighted by atomic mass is 9.96. The Morgan fingerprint density at radius 2 is 1.50 bits per heavy atom. The standard InChI is InChI=1S/C17H23FO2.C3H6.C2H4O/c1-12(2)10-17(18)15(5)14(4)16(8-9-19-6)11-13(3)20-7;1-3-2;1-2-3/h10-11H,1,3-5,8-9H2,2,6-7H3;3H,1H2,2H3;2H,1H3/b16-11-,17-10+;;. The average Bonchev–Trinajstić information content (AvgIpc) is 2.57. The summed E-state index contributed by atoms with van der Waals surface area (Å²) < 4.78 is 24.0. The van der Waals surface area contributed by atoms with Crippen LogP contribution in [-0.2, 0) is 14.3 Å². The van der Waals surface area contributed by atoms with Gasteiger partial charge in [-0.25, -0.2) is 4.39 Å². The van der Waals surface area contributed by atoms with Crippen LogP contribution in [0.5, 0.6) is 0 Å². The van der Waals surface area contributed by atoms with Crippen molar-refractivity contribution in [1.29, 1.82) is 0 Å². The van der Waals surface area contributed by atoms with Crippen LogP contribution >= 0.6 is 0 Å². The highest BCUT2D eigenvalue weighted by Crippen LogP contribution is 2.27. The second-order valence-corrected chi connectivity index (χ2v) is 5.02. The minimum absolute atomic E-state index is 0.222. The summed E-state index contributed by atoms with van der Waals surface area (Å²) in [5.41, 5.74) is 2.10. The Kier molecular flexibility index (Phi) is 20.6. The highest BCUT2D eigenvalue weighted by atomic mass is 19.1. The van der Waals surface area contributed by atoms with Gasteiger partial charge in [-0.1, -0.05) is 38.0 Å². The normalized spacial score (nSPS) is 10.2. The zero-order valence-corrected chi connectivity index (χ0v) is 16.9. The summed E-state index contributed by atoms with van der Waals surface area (Å²) in [5, 5.41) is 0. The molecule has 0 aliphatic rings. The van der Waals surface area contributed by atoms with Crippen LogP contribution in [-0.4, -0.2) is 27.1 Å². The van der Waals surface area contributed by atoms with Gasteiger partial charge in [0.1, 0.15) is 17.9 Å². The van der Waals surface area contributed by atoms with E-state index in [0.717, 1.165) is 11.9 Å². The van der Waals surface area contributed by atoms with Crippen molar-refractivity contribution in [3.05, 3.63) is 85.0 Å². The van der Waals surface area contributed by atoms with E-state index in [9.17, 15) is 4.39 Å². The first kappa shape index (κ1) is 28.3. The molecule has 4 heteroatoms. The van der Waals surface area contributed by atoms with E-state index in [4.69, 9.17) is 14.3 Å². The number of hydrogen-bond donors (Lipinski definition) is 0. The Morgan fingerprint density at radius 1 is 1.04 bits per heavy atom. The van der Waals surface area contributed by atoms with Crippen molar-refractivity contribution >= 4 is 6.29 Å². The van der Waals surface area contributed by atoms with E-state index < -0.39 is 5.83 Å². The second-order valence-electron chi connectivity index (χ2n) is 5.02. The molecule has 0 bridgehead atoms. The zero-order chi connectivity index (χ0) is 21.1. The third-order valence-corrected chi connectivity index (χ3v) is 2.59. The molecular formula is C22H33FO3. The van der Waals surface area contributed by atoms with Crippen molar-refractivity contribution < 1.29 is 18.7 Å². The summed E-state index contributed by atoms with van der Waals surface area (Å²) in [5.74, 6) is 0.0168. The van der Waals surface area contributed by atoms with Crippen LogP contribution in [0.25, 0.3) is 0 Å². The Balaban J connectivity index is -0.000000768. The molecular weight excluding hydrogens is 331 g/mol. The lowest BCUT2D eigenvalue weighted by Crippen LogP contribution is -1.99. The van der Waals surface area contributed by atoms with Crippen LogP contribution in [0.15, 0.2) is 85.0 Å². The monoisotopic (exact) mass is 364 g/mol. The van der Waals surface area contributed by atoms with Gasteiger partial charge in [0.15, 0.2) is 0 Å². The fourth-order valence-corrected chi connectivity index (χ4v) is 1.42. The summed E-state index contributed by atoms with van der Waals surface area (Å²) >= 11 is 0. The quantitative estimate of drug-likeness (QED) is 0.216. The van der Waals surface area contributed by atoms with Gasteiger partial charge < -0.3 is 14.3 Å². The lowest BCUT2D eigenvalue weighted by Gasteiger charge is -2.13. The van der Waals surface area contributed by atoms with Crippen molar-refractivity contribution in [3.63, 3.8) is 0 Å². The molecule has 0 rings (SSSR count). The molecule has 0 unspecified atom stereocenters. The maximum atomic E-state index is 13.9. The first-order valence-corrected chi connectivity index (χ1v) is 7.97. The number of ether oxygens (including phenoxy) is 2. The molecule has 0 aliphatic carbocycles. The Hall–Kier alpha value is -2.46. The van der Waals surface area contributed by atoms with E-state index in [0.29, 0.717) is 29.9 Å². The van der Waals surface area contributed by atoms with Gasteiger partial charge in [0.2, 0.25) is 0 Å². The van der Waals surface area contributed by atoms with E-state index in [1.54, 1.807) is 26.2 Å². The number of methoxy groups -OCH3 is 2. The van der Waals surface area contributed by atoms with Gasteiger partial charge in [0.05, 0.1) is 13.7 Å². The number of aldehydes is 1. The maximum absolute atomic E-state index is 13.9. The van der Waals surface area contributed by atoms with Gasteiger partial charge in [-0.15, -0.1) is 6.58 Å². The van der Waals surface area contributed by atoms with Crippen molar-refractivity contribution in [2.45, 2.75) is 27.2 Å². The molecule has 0 aliphatic heterocycles. The predicted molar refractivity (Wildman–Crippen MR) is 111 cm³/mol. The van der Waals surface area contributed by atoms with Gasteiger partial charge in [-0.05, 0) is 50.5 Å². The summed E-state index contributed by atoms with van der Waals surface area (Å²) in [4.78, 5) is 8.81. The Labute approximate surface area is 158 Å². The van der Waals surface area contributed by atoms with Crippen molar-refractivity contribution in [1.82, 2.24) is 0 Å². The predicted octanol–water partition coefficient (Wildman–Crippen LogP) is 6.05. The topological polar surface area (TPSA) is 35.5 Å². The molecule has 0 aromatic heterocycles. The SMILES string of the molecule is C=C(C)/C=C(/F)C(=C)C(=C)/C(=C\C(=C)OC)CCOC.C=CC.CC=O.